The smallest absolute Gasteiger partial charge is 0.264 e. The zero-order valence-corrected chi connectivity index (χ0v) is 14.6. The molecule has 0 unspecified atom stereocenters. The molecule has 0 amide bonds. The Morgan fingerprint density at radius 1 is 1.04 bits per heavy atom. The van der Waals surface area contributed by atoms with Crippen LogP contribution in [-0.2, 0) is 13.7 Å². The van der Waals surface area contributed by atoms with Crippen LogP contribution in [0.5, 0.6) is 5.75 Å². The average Bonchev–Trinajstić information content (AvgIpc) is 3.29. The van der Waals surface area contributed by atoms with Crippen LogP contribution >= 0.6 is 0 Å². The lowest BCUT2D eigenvalue weighted by atomic mass is 10.1. The van der Waals surface area contributed by atoms with Crippen LogP contribution in [0.25, 0.3) is 22.6 Å². The van der Waals surface area contributed by atoms with Crippen molar-refractivity contribution in [2.75, 3.05) is 0 Å². The maximum atomic E-state index is 5.71. The highest BCUT2D eigenvalue weighted by Gasteiger charge is 2.11. The predicted octanol–water partition coefficient (Wildman–Crippen LogP) is 4.02. The lowest BCUT2D eigenvalue weighted by molar-refractivity contribution is 0.243. The van der Waals surface area contributed by atoms with Gasteiger partial charge in [0.1, 0.15) is 5.75 Å². The summed E-state index contributed by atoms with van der Waals surface area (Å²) >= 11 is 0. The molecule has 6 heteroatoms. The van der Waals surface area contributed by atoms with E-state index in [4.69, 9.17) is 9.26 Å². The third-order valence-electron chi connectivity index (χ3n) is 4.06. The number of benzene rings is 2. The molecule has 2 heterocycles. The lowest BCUT2D eigenvalue weighted by Gasteiger charge is -2.03. The van der Waals surface area contributed by atoms with Crippen LogP contribution in [0.2, 0.25) is 0 Å². The zero-order chi connectivity index (χ0) is 17.9. The van der Waals surface area contributed by atoms with Gasteiger partial charge >= 0.3 is 0 Å². The lowest BCUT2D eigenvalue weighted by Crippen LogP contribution is -1.96. The summed E-state index contributed by atoms with van der Waals surface area (Å²) in [4.78, 5) is 4.44. The van der Waals surface area contributed by atoms with Gasteiger partial charge in [0.15, 0.2) is 6.61 Å². The molecular weight excluding hydrogens is 328 g/mol. The molecule has 0 radical (unpaired) electrons. The summed E-state index contributed by atoms with van der Waals surface area (Å²) in [5.74, 6) is 1.76. The molecule has 0 spiro atoms. The van der Waals surface area contributed by atoms with E-state index in [0.29, 0.717) is 11.7 Å². The van der Waals surface area contributed by atoms with E-state index in [1.165, 1.54) is 0 Å². The summed E-state index contributed by atoms with van der Waals surface area (Å²) < 4.78 is 12.9. The normalized spacial score (nSPS) is 10.8. The van der Waals surface area contributed by atoms with Crippen LogP contribution < -0.4 is 4.74 Å². The molecular formula is C20H18N4O2. The summed E-state index contributed by atoms with van der Waals surface area (Å²) in [6, 6.07) is 17.8. The molecule has 0 atom stereocenters. The highest BCUT2D eigenvalue weighted by Crippen LogP contribution is 2.24. The Morgan fingerprint density at radius 2 is 1.88 bits per heavy atom. The molecule has 6 nitrogen and oxygen atoms in total. The van der Waals surface area contributed by atoms with Gasteiger partial charge in [-0.3, -0.25) is 4.68 Å². The van der Waals surface area contributed by atoms with Gasteiger partial charge in [0.05, 0.1) is 5.69 Å². The molecule has 4 aromatic rings. The molecule has 0 bridgehead atoms. The summed E-state index contributed by atoms with van der Waals surface area (Å²) in [7, 11) is 1.91. The topological polar surface area (TPSA) is 66.0 Å². The van der Waals surface area contributed by atoms with E-state index in [0.717, 1.165) is 28.1 Å². The van der Waals surface area contributed by atoms with Crippen molar-refractivity contribution in [3.8, 4) is 28.4 Å². The van der Waals surface area contributed by atoms with Crippen LogP contribution in [0.15, 0.2) is 65.3 Å². The summed E-state index contributed by atoms with van der Waals surface area (Å²) in [6.07, 6.45) is 1.77. The first-order valence-electron chi connectivity index (χ1n) is 8.30. The van der Waals surface area contributed by atoms with Gasteiger partial charge in [-0.05, 0) is 36.8 Å². The second-order valence-electron chi connectivity index (χ2n) is 6.04. The van der Waals surface area contributed by atoms with E-state index in [9.17, 15) is 0 Å². The molecule has 2 aromatic heterocycles. The van der Waals surface area contributed by atoms with Crippen LogP contribution in [0, 0.1) is 6.92 Å². The molecule has 130 valence electrons. The highest BCUT2D eigenvalue weighted by molar-refractivity contribution is 5.67. The Labute approximate surface area is 151 Å². The Balaban J connectivity index is 1.52. The van der Waals surface area contributed by atoms with E-state index in [1.54, 1.807) is 6.20 Å². The molecule has 2 aromatic carbocycles. The van der Waals surface area contributed by atoms with Crippen molar-refractivity contribution in [3.63, 3.8) is 0 Å². The first-order chi connectivity index (χ1) is 12.7. The number of nitrogens with zero attached hydrogens (tertiary/aromatic N) is 4. The maximum absolute atomic E-state index is 5.71. The number of aryl methyl sites for hydroxylation is 2. The third kappa shape index (κ3) is 3.35. The van der Waals surface area contributed by atoms with Crippen LogP contribution in [0.4, 0.5) is 0 Å². The molecule has 4 rings (SSSR count). The van der Waals surface area contributed by atoms with Crippen LogP contribution in [0.1, 0.15) is 11.5 Å². The monoisotopic (exact) mass is 346 g/mol. The van der Waals surface area contributed by atoms with Gasteiger partial charge in [-0.2, -0.15) is 10.1 Å². The second-order valence-corrected chi connectivity index (χ2v) is 6.04. The first kappa shape index (κ1) is 16.1. The van der Waals surface area contributed by atoms with Gasteiger partial charge in [0, 0.05) is 24.4 Å². The van der Waals surface area contributed by atoms with E-state index in [2.05, 4.69) is 15.2 Å². The molecule has 0 N–H and O–H groups in total. The van der Waals surface area contributed by atoms with Crippen LogP contribution in [0.3, 0.4) is 0 Å². The van der Waals surface area contributed by atoms with Crippen LogP contribution in [-0.4, -0.2) is 19.9 Å². The van der Waals surface area contributed by atoms with E-state index < -0.39 is 0 Å². The van der Waals surface area contributed by atoms with E-state index in [1.807, 2.05) is 73.3 Å². The van der Waals surface area contributed by atoms with Crippen molar-refractivity contribution in [2.45, 2.75) is 13.5 Å². The van der Waals surface area contributed by atoms with Crippen molar-refractivity contribution < 1.29 is 9.26 Å². The van der Waals surface area contributed by atoms with E-state index in [-0.39, 0.29) is 6.61 Å². The molecule has 0 aliphatic carbocycles. The molecule has 0 aliphatic heterocycles. The minimum absolute atomic E-state index is 0.234. The number of ether oxygens (including phenoxy) is 1. The Morgan fingerprint density at radius 3 is 2.69 bits per heavy atom. The van der Waals surface area contributed by atoms with Gasteiger partial charge in [-0.1, -0.05) is 35.5 Å². The molecule has 0 fully saturated rings. The summed E-state index contributed by atoms with van der Waals surface area (Å²) in [5, 5.41) is 8.28. The maximum Gasteiger partial charge on any atom is 0.264 e. The Hall–Kier alpha value is -3.41. The molecule has 26 heavy (non-hydrogen) atoms. The minimum Gasteiger partial charge on any atom is -0.484 e. The average molecular weight is 346 g/mol. The minimum atomic E-state index is 0.234. The van der Waals surface area contributed by atoms with Crippen molar-refractivity contribution >= 4 is 0 Å². The number of hydrogen-bond donors (Lipinski definition) is 0. The van der Waals surface area contributed by atoms with Gasteiger partial charge in [0.2, 0.25) is 5.82 Å². The van der Waals surface area contributed by atoms with Crippen molar-refractivity contribution in [2.24, 2.45) is 7.05 Å². The van der Waals surface area contributed by atoms with Gasteiger partial charge < -0.3 is 9.26 Å². The highest BCUT2D eigenvalue weighted by atomic mass is 16.5. The molecule has 0 aliphatic rings. The fraction of sp³-hybridized carbons (Fsp3) is 0.150. The fourth-order valence-electron chi connectivity index (χ4n) is 2.76. The van der Waals surface area contributed by atoms with Crippen molar-refractivity contribution in [1.82, 2.24) is 19.9 Å². The third-order valence-corrected chi connectivity index (χ3v) is 4.06. The van der Waals surface area contributed by atoms with Gasteiger partial charge in [-0.25, -0.2) is 0 Å². The SMILES string of the molecule is Cc1cccc(OCc2nc(-c3cccc(-c4ccnn4C)c3)no2)c1. The number of rotatable bonds is 5. The standard InChI is InChI=1S/C20H18N4O2/c1-14-5-3-8-17(11-14)25-13-19-22-20(23-26-19)16-7-4-6-15(12-16)18-9-10-21-24(18)2/h3-12H,13H2,1-2H3. The quantitative estimate of drug-likeness (QED) is 0.546. The molecule has 0 saturated heterocycles. The fourth-order valence-corrected chi connectivity index (χ4v) is 2.76. The summed E-state index contributed by atoms with van der Waals surface area (Å²) in [5.41, 5.74) is 4.10. The summed E-state index contributed by atoms with van der Waals surface area (Å²) in [6.45, 7) is 2.25. The number of aromatic nitrogens is 4. The van der Waals surface area contributed by atoms with Crippen molar-refractivity contribution in [3.05, 3.63) is 72.2 Å². The van der Waals surface area contributed by atoms with E-state index >= 15 is 0 Å². The zero-order valence-electron chi connectivity index (χ0n) is 14.6. The Bertz CT molecular complexity index is 1040. The molecule has 0 saturated carbocycles. The second kappa shape index (κ2) is 6.84. The first-order valence-corrected chi connectivity index (χ1v) is 8.30. The van der Waals surface area contributed by atoms with Crippen molar-refractivity contribution in [1.29, 1.82) is 0 Å². The van der Waals surface area contributed by atoms with Gasteiger partial charge in [0.25, 0.3) is 5.89 Å². The predicted molar refractivity (Wildman–Crippen MR) is 97.4 cm³/mol. The Kier molecular flexibility index (Phi) is 4.23. The largest absolute Gasteiger partial charge is 0.484 e. The number of hydrogen-bond acceptors (Lipinski definition) is 5. The van der Waals surface area contributed by atoms with Gasteiger partial charge in [-0.15, -0.1) is 0 Å².